The Labute approximate surface area is 161 Å². The Morgan fingerprint density at radius 1 is 1.14 bits per heavy atom. The monoisotopic (exact) mass is 418 g/mol. The van der Waals surface area contributed by atoms with Crippen LogP contribution < -0.4 is 10.2 Å². The molecular formula is C18H16F6N4O. The molecule has 1 amide bonds. The van der Waals surface area contributed by atoms with Crippen molar-refractivity contribution in [1.82, 2.24) is 14.9 Å². The summed E-state index contributed by atoms with van der Waals surface area (Å²) in [5.74, 6) is -1.91. The molecule has 0 spiro atoms. The SMILES string of the molecule is C=CC(=O)NCC1CN(c2ccc(C(F)(F)F)cc2)c2cnc(C(F)(F)F)n2C1. The highest BCUT2D eigenvalue weighted by Gasteiger charge is 2.40. The van der Waals surface area contributed by atoms with Crippen LogP contribution in [0.15, 0.2) is 43.1 Å². The van der Waals surface area contributed by atoms with Gasteiger partial charge >= 0.3 is 12.4 Å². The third kappa shape index (κ3) is 4.38. The van der Waals surface area contributed by atoms with Gasteiger partial charge in [-0.25, -0.2) is 4.98 Å². The first-order chi connectivity index (χ1) is 13.5. The zero-order valence-corrected chi connectivity index (χ0v) is 14.9. The van der Waals surface area contributed by atoms with Gasteiger partial charge in [0.05, 0.1) is 11.8 Å². The second-order valence-corrected chi connectivity index (χ2v) is 6.52. The van der Waals surface area contributed by atoms with Crippen LogP contribution in [-0.4, -0.2) is 28.5 Å². The molecule has 1 N–H and O–H groups in total. The Bertz CT molecular complexity index is 901. The molecule has 2 aromatic rings. The van der Waals surface area contributed by atoms with Gasteiger partial charge in [0.2, 0.25) is 11.7 Å². The van der Waals surface area contributed by atoms with Crippen molar-refractivity contribution in [1.29, 1.82) is 0 Å². The molecule has 1 unspecified atom stereocenters. The average molecular weight is 418 g/mol. The van der Waals surface area contributed by atoms with Crippen molar-refractivity contribution in [2.24, 2.45) is 5.92 Å². The van der Waals surface area contributed by atoms with E-state index in [1.165, 1.54) is 17.0 Å². The average Bonchev–Trinajstić information content (AvgIpc) is 3.09. The molecule has 1 atom stereocenters. The van der Waals surface area contributed by atoms with Crippen molar-refractivity contribution in [3.8, 4) is 0 Å². The number of halogens is 6. The van der Waals surface area contributed by atoms with Crippen molar-refractivity contribution in [2.75, 3.05) is 18.0 Å². The number of anilines is 2. The fourth-order valence-corrected chi connectivity index (χ4v) is 3.17. The largest absolute Gasteiger partial charge is 0.449 e. The number of alkyl halides is 6. The van der Waals surface area contributed by atoms with Gasteiger partial charge in [0, 0.05) is 31.2 Å². The summed E-state index contributed by atoms with van der Waals surface area (Å²) in [7, 11) is 0. The van der Waals surface area contributed by atoms with E-state index < -0.39 is 35.6 Å². The summed E-state index contributed by atoms with van der Waals surface area (Å²) in [5.41, 5.74) is -0.579. The van der Waals surface area contributed by atoms with Gasteiger partial charge in [-0.1, -0.05) is 6.58 Å². The molecule has 2 heterocycles. The molecule has 0 fully saturated rings. The molecule has 29 heavy (non-hydrogen) atoms. The number of imidazole rings is 1. The van der Waals surface area contributed by atoms with Gasteiger partial charge in [0.1, 0.15) is 5.82 Å². The summed E-state index contributed by atoms with van der Waals surface area (Å²) < 4.78 is 79.3. The Morgan fingerprint density at radius 3 is 2.34 bits per heavy atom. The molecule has 3 rings (SSSR count). The number of hydrogen-bond donors (Lipinski definition) is 1. The molecule has 0 saturated heterocycles. The zero-order chi connectivity index (χ0) is 21.4. The van der Waals surface area contributed by atoms with E-state index in [0.29, 0.717) is 0 Å². The van der Waals surface area contributed by atoms with Crippen molar-refractivity contribution in [2.45, 2.75) is 18.9 Å². The number of benzene rings is 1. The number of hydrogen-bond acceptors (Lipinski definition) is 3. The summed E-state index contributed by atoms with van der Waals surface area (Å²) in [4.78, 5) is 16.3. The summed E-state index contributed by atoms with van der Waals surface area (Å²) in [6.45, 7) is 3.51. The minimum absolute atomic E-state index is 0.0568. The molecule has 0 aliphatic carbocycles. The molecule has 1 aliphatic heterocycles. The minimum atomic E-state index is -4.70. The predicted molar refractivity (Wildman–Crippen MR) is 92.4 cm³/mol. The van der Waals surface area contributed by atoms with Gasteiger partial charge in [-0.15, -0.1) is 0 Å². The van der Waals surface area contributed by atoms with Crippen LogP contribution in [0.25, 0.3) is 0 Å². The van der Waals surface area contributed by atoms with E-state index in [9.17, 15) is 31.1 Å². The van der Waals surface area contributed by atoms with Crippen LogP contribution in [0.4, 0.5) is 37.8 Å². The van der Waals surface area contributed by atoms with E-state index >= 15 is 0 Å². The van der Waals surface area contributed by atoms with Crippen LogP contribution in [0.3, 0.4) is 0 Å². The van der Waals surface area contributed by atoms with E-state index in [1.807, 2.05) is 0 Å². The molecule has 1 aromatic heterocycles. The Hall–Kier alpha value is -2.98. The number of carbonyl (C=O) groups is 1. The lowest BCUT2D eigenvalue weighted by Crippen LogP contribution is -2.41. The maximum absolute atomic E-state index is 13.3. The first-order valence-electron chi connectivity index (χ1n) is 8.48. The Morgan fingerprint density at radius 2 is 1.79 bits per heavy atom. The third-order valence-corrected chi connectivity index (χ3v) is 4.50. The van der Waals surface area contributed by atoms with Gasteiger partial charge in [0.15, 0.2) is 0 Å². The molecule has 0 radical (unpaired) electrons. The van der Waals surface area contributed by atoms with Crippen LogP contribution in [-0.2, 0) is 23.7 Å². The maximum Gasteiger partial charge on any atom is 0.449 e. The number of carbonyl (C=O) groups excluding carboxylic acids is 1. The number of nitrogens with one attached hydrogen (secondary N) is 1. The third-order valence-electron chi connectivity index (χ3n) is 4.50. The molecule has 156 valence electrons. The number of aromatic nitrogens is 2. The Balaban J connectivity index is 1.96. The highest BCUT2D eigenvalue weighted by atomic mass is 19.4. The molecule has 0 bridgehead atoms. The second kappa shape index (κ2) is 7.45. The van der Waals surface area contributed by atoms with Crippen LogP contribution in [0.2, 0.25) is 0 Å². The Kier molecular flexibility index (Phi) is 5.33. The van der Waals surface area contributed by atoms with E-state index in [4.69, 9.17) is 0 Å². The quantitative estimate of drug-likeness (QED) is 0.604. The van der Waals surface area contributed by atoms with E-state index in [-0.39, 0.29) is 31.1 Å². The summed E-state index contributed by atoms with van der Waals surface area (Å²) in [6, 6.07) is 4.11. The number of fused-ring (bicyclic) bond motifs is 1. The van der Waals surface area contributed by atoms with Crippen molar-refractivity contribution < 1.29 is 31.1 Å². The first kappa shape index (κ1) is 20.7. The lowest BCUT2D eigenvalue weighted by Gasteiger charge is -2.36. The topological polar surface area (TPSA) is 50.2 Å². The molecule has 11 heteroatoms. The van der Waals surface area contributed by atoms with E-state index in [0.717, 1.165) is 29.0 Å². The molecule has 1 aliphatic rings. The summed E-state index contributed by atoms with van der Waals surface area (Å²) >= 11 is 0. The first-order valence-corrected chi connectivity index (χ1v) is 8.48. The molecule has 1 aromatic carbocycles. The van der Waals surface area contributed by atoms with Crippen LogP contribution in [0.5, 0.6) is 0 Å². The highest BCUT2D eigenvalue weighted by Crippen LogP contribution is 2.38. The van der Waals surface area contributed by atoms with Crippen molar-refractivity contribution in [3.63, 3.8) is 0 Å². The standard InChI is InChI=1S/C18H16F6N4O/c1-2-14(29)25-7-11-9-27(13-5-3-12(4-6-13)17(19,20)21)15-8-26-16(18(22,23)24)28(15)10-11/h2-6,8,11H,1,7,9-10H2,(H,25,29). The molecule has 5 nitrogen and oxygen atoms in total. The fraction of sp³-hybridized carbons (Fsp3) is 0.333. The van der Waals surface area contributed by atoms with Gasteiger partial charge in [-0.2, -0.15) is 26.3 Å². The van der Waals surface area contributed by atoms with E-state index in [1.54, 1.807) is 0 Å². The van der Waals surface area contributed by atoms with Crippen LogP contribution in [0, 0.1) is 5.92 Å². The van der Waals surface area contributed by atoms with Crippen LogP contribution >= 0.6 is 0 Å². The van der Waals surface area contributed by atoms with Crippen molar-refractivity contribution >= 4 is 17.4 Å². The fourth-order valence-electron chi connectivity index (χ4n) is 3.17. The number of amides is 1. The maximum atomic E-state index is 13.3. The lowest BCUT2D eigenvalue weighted by atomic mass is 10.1. The van der Waals surface area contributed by atoms with E-state index in [2.05, 4.69) is 16.9 Å². The van der Waals surface area contributed by atoms with Gasteiger partial charge in [-0.05, 0) is 30.3 Å². The van der Waals surface area contributed by atoms with Gasteiger partial charge in [0.25, 0.3) is 0 Å². The summed E-state index contributed by atoms with van der Waals surface area (Å²) in [5, 5.41) is 2.54. The van der Waals surface area contributed by atoms with Gasteiger partial charge < -0.3 is 14.8 Å². The highest BCUT2D eigenvalue weighted by molar-refractivity contribution is 5.86. The van der Waals surface area contributed by atoms with Gasteiger partial charge in [-0.3, -0.25) is 4.79 Å². The smallest absolute Gasteiger partial charge is 0.352 e. The molecule has 0 saturated carbocycles. The summed E-state index contributed by atoms with van der Waals surface area (Å²) in [6.07, 6.45) is -7.14. The zero-order valence-electron chi connectivity index (χ0n) is 14.9. The normalized spacial score (nSPS) is 17.0. The lowest BCUT2D eigenvalue weighted by molar-refractivity contribution is -0.147. The number of rotatable bonds is 4. The number of nitrogens with zero attached hydrogens (tertiary/aromatic N) is 3. The van der Waals surface area contributed by atoms with Crippen LogP contribution in [0.1, 0.15) is 11.4 Å². The van der Waals surface area contributed by atoms with Crippen molar-refractivity contribution in [3.05, 3.63) is 54.5 Å². The second-order valence-electron chi connectivity index (χ2n) is 6.52. The molecular weight excluding hydrogens is 402 g/mol. The predicted octanol–water partition coefficient (Wildman–Crippen LogP) is 3.99. The minimum Gasteiger partial charge on any atom is -0.352 e.